The molecule has 1 fully saturated rings. The van der Waals surface area contributed by atoms with Gasteiger partial charge in [0.05, 0.1) is 0 Å². The Kier molecular flexibility index (Phi) is 13.5. The normalized spacial score (nSPS) is 15.9. The van der Waals surface area contributed by atoms with E-state index in [1.165, 1.54) is 17.0 Å². The minimum atomic E-state index is -1.23. The summed E-state index contributed by atoms with van der Waals surface area (Å²) in [6, 6.07) is 14.7. The fourth-order valence-electron chi connectivity index (χ4n) is 6.04. The summed E-state index contributed by atoms with van der Waals surface area (Å²) in [7, 11) is 0. The van der Waals surface area contributed by atoms with Crippen molar-refractivity contribution in [2.75, 3.05) is 12.4 Å². The number of rotatable bonds is 16. The summed E-state index contributed by atoms with van der Waals surface area (Å²) >= 11 is 5.63. The van der Waals surface area contributed by atoms with Gasteiger partial charge in [-0.05, 0) is 59.7 Å². The second-order valence-corrected chi connectivity index (χ2v) is 12.7. The topological polar surface area (TPSA) is 231 Å². The van der Waals surface area contributed by atoms with E-state index in [4.69, 9.17) is 23.1 Å². The van der Waals surface area contributed by atoms with E-state index in [0.29, 0.717) is 24.0 Å². The van der Waals surface area contributed by atoms with E-state index in [1.807, 2.05) is 42.5 Å². The lowest BCUT2D eigenvalue weighted by molar-refractivity contribution is -0.146. The first-order valence-electron chi connectivity index (χ1n) is 16.5. The van der Waals surface area contributed by atoms with Crippen molar-refractivity contribution >= 4 is 63.8 Å². The van der Waals surface area contributed by atoms with Gasteiger partial charge in [-0.1, -0.05) is 54.6 Å². The fourth-order valence-corrected chi connectivity index (χ4v) is 6.12. The first kappa shape index (κ1) is 38.3. The van der Waals surface area contributed by atoms with E-state index in [9.17, 15) is 38.7 Å². The molecule has 4 rings (SSSR count). The Morgan fingerprint density at radius 3 is 2.12 bits per heavy atom. The number of carboxylic acid groups (broad SMARTS) is 1. The summed E-state index contributed by atoms with van der Waals surface area (Å²) in [6.07, 6.45) is 0.800. The molecule has 0 spiro atoms. The molecule has 0 saturated carbocycles. The number of hydrogen-bond acceptors (Lipinski definition) is 7. The van der Waals surface area contributed by atoms with Crippen LogP contribution in [0.5, 0.6) is 0 Å². The number of carboxylic acids is 1. The highest BCUT2D eigenvalue weighted by molar-refractivity contribution is 6.27. The molecule has 4 atom stereocenters. The van der Waals surface area contributed by atoms with Gasteiger partial charge in [0.25, 0.3) is 0 Å². The number of hydrogen-bond donors (Lipinski definition) is 6. The highest BCUT2D eigenvalue weighted by Gasteiger charge is 2.38. The van der Waals surface area contributed by atoms with Gasteiger partial charge in [0.15, 0.2) is 0 Å². The van der Waals surface area contributed by atoms with Crippen LogP contribution in [0.15, 0.2) is 66.7 Å². The Labute approximate surface area is 299 Å². The van der Waals surface area contributed by atoms with Gasteiger partial charge in [-0.3, -0.25) is 33.6 Å². The third-order valence-corrected chi connectivity index (χ3v) is 8.96. The summed E-state index contributed by atoms with van der Waals surface area (Å²) in [5.74, 6) is -5.70. The van der Waals surface area contributed by atoms with Crippen LogP contribution in [-0.4, -0.2) is 88.0 Å². The summed E-state index contributed by atoms with van der Waals surface area (Å²) in [5, 5.41) is 19.0. The van der Waals surface area contributed by atoms with Crippen molar-refractivity contribution in [3.05, 3.63) is 83.4 Å². The Morgan fingerprint density at radius 1 is 0.804 bits per heavy atom. The number of aliphatic carboxylic acids is 1. The van der Waals surface area contributed by atoms with Crippen LogP contribution in [0.2, 0.25) is 0 Å². The van der Waals surface area contributed by atoms with Gasteiger partial charge in [0.2, 0.25) is 35.4 Å². The first-order valence-corrected chi connectivity index (χ1v) is 17.0. The van der Waals surface area contributed by atoms with Crippen LogP contribution >= 0.6 is 11.6 Å². The Balaban J connectivity index is 1.59. The molecular formula is C36H41ClN6O8. The molecule has 14 nitrogen and oxygen atoms in total. The molecule has 3 aromatic rings. The fraction of sp³-hybridized carbons (Fsp3) is 0.361. The highest BCUT2D eigenvalue weighted by Crippen LogP contribution is 2.21. The van der Waals surface area contributed by atoms with Crippen LogP contribution in [0.4, 0.5) is 0 Å². The number of halogens is 1. The third-order valence-electron chi connectivity index (χ3n) is 8.71. The highest BCUT2D eigenvalue weighted by atomic mass is 35.5. The Bertz CT molecular complexity index is 1780. The van der Waals surface area contributed by atoms with Gasteiger partial charge >= 0.3 is 5.97 Å². The Hall–Kier alpha value is -5.50. The third kappa shape index (κ3) is 10.7. The lowest BCUT2D eigenvalue weighted by Crippen LogP contribution is -2.60. The second-order valence-electron chi connectivity index (χ2n) is 12.4. The number of benzene rings is 3. The number of nitrogens with one attached hydrogen (secondary N) is 3. The minimum absolute atomic E-state index is 0.00653. The largest absolute Gasteiger partial charge is 0.481 e. The molecule has 8 N–H and O–H groups in total. The zero-order valence-corrected chi connectivity index (χ0v) is 28.6. The molecule has 1 aliphatic heterocycles. The summed E-state index contributed by atoms with van der Waals surface area (Å²) in [5.41, 5.74) is 12.6. The number of piperidine rings is 1. The molecule has 0 aliphatic carbocycles. The van der Waals surface area contributed by atoms with Gasteiger partial charge in [-0.25, -0.2) is 0 Å². The number of likely N-dealkylation sites (tertiary alicyclic amines) is 1. The molecule has 0 radical (unpaired) electrons. The number of primary amides is 2. The zero-order chi connectivity index (χ0) is 37.1. The average Bonchev–Trinajstić information content (AvgIpc) is 3.12. The number of nitrogens with zero attached hydrogens (tertiary/aromatic N) is 1. The van der Waals surface area contributed by atoms with Crippen LogP contribution in [0.25, 0.3) is 10.8 Å². The lowest BCUT2D eigenvalue weighted by atomic mass is 9.97. The van der Waals surface area contributed by atoms with Gasteiger partial charge in [0.1, 0.15) is 30.0 Å². The predicted octanol–water partition coefficient (Wildman–Crippen LogP) is 1.15. The van der Waals surface area contributed by atoms with Crippen LogP contribution in [0.3, 0.4) is 0 Å². The number of carbonyl (C=O) groups excluding carboxylic acids is 6. The standard InChI is InChI=1S/C36H41ClN6O8/c37-20-30(44)40-26(14-15-31(45)46)36(51)43-16-4-3-7-29(43)35(50)42-28(19-22-10-11-23-5-1-2-6-25(23)17-22)34(49)41-27(33(39)48)18-21-8-12-24(13-9-21)32(38)47/h1-2,5-6,8-13,17,26-29H,3-4,7,14-16,18-20H2,(H2,38,47)(H2,39,48)(H,40,44)(H,41,49)(H,42,50)(H,45,46). The molecular weight excluding hydrogens is 680 g/mol. The van der Waals surface area contributed by atoms with E-state index in [0.717, 1.165) is 10.8 Å². The van der Waals surface area contributed by atoms with Crippen molar-refractivity contribution in [3.8, 4) is 0 Å². The zero-order valence-electron chi connectivity index (χ0n) is 27.8. The maximum Gasteiger partial charge on any atom is 0.303 e. The number of carbonyl (C=O) groups is 7. The van der Waals surface area contributed by atoms with E-state index in [-0.39, 0.29) is 37.8 Å². The number of amides is 6. The maximum absolute atomic E-state index is 14.0. The molecule has 0 aromatic heterocycles. The van der Waals surface area contributed by atoms with E-state index < -0.39 is 77.9 Å². The Morgan fingerprint density at radius 2 is 1.47 bits per heavy atom. The molecule has 51 heavy (non-hydrogen) atoms. The van der Waals surface area contributed by atoms with Crippen LogP contribution in [-0.2, 0) is 41.6 Å². The molecule has 1 aliphatic rings. The van der Waals surface area contributed by atoms with Crippen molar-refractivity contribution in [2.45, 2.75) is 69.1 Å². The second kappa shape index (κ2) is 17.9. The van der Waals surface area contributed by atoms with Gasteiger partial charge in [-0.2, -0.15) is 0 Å². The molecule has 15 heteroatoms. The summed E-state index contributed by atoms with van der Waals surface area (Å²) in [6.45, 7) is 0.164. The van der Waals surface area contributed by atoms with Crippen molar-refractivity contribution in [1.29, 1.82) is 0 Å². The molecule has 1 heterocycles. The van der Waals surface area contributed by atoms with Gasteiger partial charge in [0, 0.05) is 31.4 Å². The van der Waals surface area contributed by atoms with Crippen LogP contribution in [0, 0.1) is 0 Å². The molecule has 3 aromatic carbocycles. The predicted molar refractivity (Wildman–Crippen MR) is 188 cm³/mol. The molecule has 1 saturated heterocycles. The average molecular weight is 721 g/mol. The maximum atomic E-state index is 14.0. The van der Waals surface area contributed by atoms with Crippen molar-refractivity contribution in [3.63, 3.8) is 0 Å². The van der Waals surface area contributed by atoms with Crippen molar-refractivity contribution < 1.29 is 38.7 Å². The minimum Gasteiger partial charge on any atom is -0.481 e. The molecule has 0 bridgehead atoms. The van der Waals surface area contributed by atoms with Crippen LogP contribution < -0.4 is 27.4 Å². The number of nitrogens with two attached hydrogens (primary N) is 2. The van der Waals surface area contributed by atoms with Crippen molar-refractivity contribution in [1.82, 2.24) is 20.9 Å². The SMILES string of the molecule is NC(=O)c1ccc(CC(NC(=O)C(Cc2ccc3ccccc3c2)NC(=O)C2CCCCN2C(=O)C(CCC(=O)O)NC(=O)CCl)C(N)=O)cc1. The number of alkyl halides is 1. The summed E-state index contributed by atoms with van der Waals surface area (Å²) < 4.78 is 0. The smallest absolute Gasteiger partial charge is 0.303 e. The number of fused-ring (bicyclic) bond motifs is 1. The quantitative estimate of drug-likeness (QED) is 0.117. The van der Waals surface area contributed by atoms with Crippen molar-refractivity contribution in [2.24, 2.45) is 11.5 Å². The molecule has 4 unspecified atom stereocenters. The monoisotopic (exact) mass is 720 g/mol. The van der Waals surface area contributed by atoms with E-state index >= 15 is 0 Å². The van der Waals surface area contributed by atoms with Gasteiger partial charge in [-0.15, -0.1) is 11.6 Å². The lowest BCUT2D eigenvalue weighted by Gasteiger charge is -2.37. The summed E-state index contributed by atoms with van der Waals surface area (Å²) in [4.78, 5) is 90.3. The van der Waals surface area contributed by atoms with E-state index in [1.54, 1.807) is 12.1 Å². The molecule has 6 amide bonds. The van der Waals surface area contributed by atoms with E-state index in [2.05, 4.69) is 16.0 Å². The first-order chi connectivity index (χ1) is 24.4. The van der Waals surface area contributed by atoms with Gasteiger partial charge < -0.3 is 37.4 Å². The molecule has 270 valence electrons. The van der Waals surface area contributed by atoms with Crippen LogP contribution in [0.1, 0.15) is 53.6 Å².